The average molecular weight is 397 g/mol. The summed E-state index contributed by atoms with van der Waals surface area (Å²) in [7, 11) is 1.47. The quantitative estimate of drug-likeness (QED) is 0.743. The van der Waals surface area contributed by atoms with Crippen LogP contribution in [-0.4, -0.2) is 23.2 Å². The molecule has 1 aliphatic rings. The van der Waals surface area contributed by atoms with Crippen molar-refractivity contribution in [3.63, 3.8) is 0 Å². The number of hydrogen-bond acceptors (Lipinski definition) is 4. The minimum atomic E-state index is -3.94. The Hall–Kier alpha value is -0.630. The molecular weight excluding hydrogens is 389 g/mol. The summed E-state index contributed by atoms with van der Waals surface area (Å²) in [5.74, 6) is 0.421. The van der Waals surface area contributed by atoms with E-state index in [1.54, 1.807) is 16.7 Å². The smallest absolute Gasteiger partial charge is 0.294 e. The molecule has 1 aromatic carbocycles. The first-order valence-electron chi connectivity index (χ1n) is 5.73. The molecular formula is C11H8BrCl2N3O2S. The fourth-order valence-electron chi connectivity index (χ4n) is 1.96. The zero-order valence-corrected chi connectivity index (χ0v) is 13.8. The van der Waals surface area contributed by atoms with Crippen LogP contribution in [0.1, 0.15) is 18.9 Å². The lowest BCUT2D eigenvalue weighted by Crippen LogP contribution is -2.06. The van der Waals surface area contributed by atoms with Crippen LogP contribution in [0.3, 0.4) is 0 Å². The molecule has 1 saturated carbocycles. The second-order valence-electron chi connectivity index (χ2n) is 4.47. The van der Waals surface area contributed by atoms with Crippen LogP contribution >= 0.6 is 38.2 Å². The summed E-state index contributed by atoms with van der Waals surface area (Å²) in [5, 5.41) is 7.90. The number of hydrogen-bond donors (Lipinski definition) is 0. The monoisotopic (exact) mass is 395 g/mol. The van der Waals surface area contributed by atoms with Crippen molar-refractivity contribution in [3.05, 3.63) is 27.7 Å². The minimum Gasteiger partial charge on any atom is -0.294 e. The summed E-state index contributed by atoms with van der Waals surface area (Å²) in [6.45, 7) is 0. The highest BCUT2D eigenvalue weighted by Gasteiger charge is 2.34. The van der Waals surface area contributed by atoms with Crippen molar-refractivity contribution in [2.45, 2.75) is 24.0 Å². The molecule has 0 N–H and O–H groups in total. The van der Waals surface area contributed by atoms with Gasteiger partial charge in [0.15, 0.2) is 5.82 Å². The lowest BCUT2D eigenvalue weighted by atomic mass is 10.2. The van der Waals surface area contributed by atoms with Gasteiger partial charge >= 0.3 is 0 Å². The Kier molecular flexibility index (Phi) is 3.56. The maximum Gasteiger partial charge on any atom is 0.296 e. The van der Waals surface area contributed by atoms with Gasteiger partial charge in [0.2, 0.25) is 0 Å². The van der Waals surface area contributed by atoms with E-state index in [4.69, 9.17) is 22.3 Å². The molecule has 1 fully saturated rings. The first kappa shape index (κ1) is 14.3. The topological polar surface area (TPSA) is 64.8 Å². The van der Waals surface area contributed by atoms with Gasteiger partial charge in [0, 0.05) is 26.8 Å². The fourth-order valence-corrected chi connectivity index (χ4v) is 3.64. The Balaban J connectivity index is 2.22. The van der Waals surface area contributed by atoms with Crippen molar-refractivity contribution >= 4 is 47.3 Å². The van der Waals surface area contributed by atoms with Crippen LogP contribution in [0.2, 0.25) is 5.02 Å². The largest absolute Gasteiger partial charge is 0.296 e. The molecule has 1 heterocycles. The second-order valence-corrected chi connectivity index (χ2v) is 8.25. The molecule has 1 aromatic heterocycles. The van der Waals surface area contributed by atoms with Gasteiger partial charge < -0.3 is 0 Å². The summed E-state index contributed by atoms with van der Waals surface area (Å²) >= 11 is 9.51. The Labute approximate surface area is 133 Å². The van der Waals surface area contributed by atoms with Gasteiger partial charge in [-0.25, -0.2) is 8.42 Å². The lowest BCUT2D eigenvalue weighted by molar-refractivity contribution is 0.579. The Morgan fingerprint density at radius 1 is 1.30 bits per heavy atom. The van der Waals surface area contributed by atoms with Gasteiger partial charge in [-0.3, -0.25) is 4.57 Å². The molecule has 0 bridgehead atoms. The van der Waals surface area contributed by atoms with E-state index in [1.807, 2.05) is 6.07 Å². The third-order valence-corrected chi connectivity index (χ3v) is 4.90. The van der Waals surface area contributed by atoms with Crippen molar-refractivity contribution in [3.8, 4) is 11.4 Å². The molecule has 0 spiro atoms. The number of aromatic nitrogens is 3. The highest BCUT2D eigenvalue weighted by Crippen LogP contribution is 2.41. The molecule has 0 unspecified atom stereocenters. The third-order valence-electron chi connectivity index (χ3n) is 2.97. The van der Waals surface area contributed by atoms with Crippen LogP contribution in [-0.2, 0) is 9.05 Å². The van der Waals surface area contributed by atoms with Gasteiger partial charge in [-0.05, 0) is 31.0 Å². The van der Waals surface area contributed by atoms with Gasteiger partial charge in [-0.1, -0.05) is 27.5 Å². The Bertz CT molecular complexity index is 787. The maximum absolute atomic E-state index is 11.6. The lowest BCUT2D eigenvalue weighted by Gasteiger charge is -2.08. The second kappa shape index (κ2) is 4.98. The van der Waals surface area contributed by atoms with Crippen LogP contribution in [0.25, 0.3) is 11.4 Å². The van der Waals surface area contributed by atoms with Gasteiger partial charge in [-0.2, -0.15) is 0 Å². The molecule has 0 amide bonds. The van der Waals surface area contributed by atoms with Crippen molar-refractivity contribution in [2.24, 2.45) is 0 Å². The molecule has 0 aliphatic heterocycles. The number of nitrogens with zero attached hydrogens (tertiary/aromatic N) is 3. The molecule has 1 aliphatic carbocycles. The van der Waals surface area contributed by atoms with Gasteiger partial charge in [0.25, 0.3) is 14.2 Å². The standard InChI is InChI=1S/C11H8BrCl2N3O2S/c12-6-1-4-8(9(13)5-6)10-15-16-11(20(14,18)19)17(10)7-2-3-7/h1,4-5,7H,2-3H2. The highest BCUT2D eigenvalue weighted by atomic mass is 79.9. The van der Waals surface area contributed by atoms with Crippen LogP contribution in [0, 0.1) is 0 Å². The summed E-state index contributed by atoms with van der Waals surface area (Å²) in [5.41, 5.74) is 0.626. The maximum atomic E-state index is 11.6. The highest BCUT2D eigenvalue weighted by molar-refractivity contribution is 9.10. The molecule has 0 radical (unpaired) electrons. The molecule has 0 saturated heterocycles. The molecule has 0 atom stereocenters. The predicted molar refractivity (Wildman–Crippen MR) is 79.5 cm³/mol. The van der Waals surface area contributed by atoms with E-state index in [1.165, 1.54) is 0 Å². The van der Waals surface area contributed by atoms with Crippen LogP contribution < -0.4 is 0 Å². The molecule has 2 aromatic rings. The molecule has 3 rings (SSSR count). The fraction of sp³-hybridized carbons (Fsp3) is 0.273. The van der Waals surface area contributed by atoms with Crippen molar-refractivity contribution in [2.75, 3.05) is 0 Å². The third kappa shape index (κ3) is 2.59. The molecule has 9 heteroatoms. The zero-order valence-electron chi connectivity index (χ0n) is 9.92. The van der Waals surface area contributed by atoms with E-state index in [-0.39, 0.29) is 11.2 Å². The minimum absolute atomic E-state index is 0.0586. The van der Waals surface area contributed by atoms with E-state index >= 15 is 0 Å². The summed E-state index contributed by atoms with van der Waals surface area (Å²) in [6, 6.07) is 5.35. The summed E-state index contributed by atoms with van der Waals surface area (Å²) < 4.78 is 25.5. The van der Waals surface area contributed by atoms with Gasteiger partial charge in [0.05, 0.1) is 5.02 Å². The molecule has 20 heavy (non-hydrogen) atoms. The summed E-state index contributed by atoms with van der Waals surface area (Å²) in [6.07, 6.45) is 1.75. The molecule has 5 nitrogen and oxygen atoms in total. The number of benzene rings is 1. The van der Waals surface area contributed by atoms with E-state index in [2.05, 4.69) is 26.1 Å². The first-order valence-corrected chi connectivity index (χ1v) is 9.21. The summed E-state index contributed by atoms with van der Waals surface area (Å²) in [4.78, 5) is 0. The molecule has 106 valence electrons. The van der Waals surface area contributed by atoms with Gasteiger partial charge in [-0.15, -0.1) is 10.2 Å². The van der Waals surface area contributed by atoms with Gasteiger partial charge in [0.1, 0.15) is 0 Å². The van der Waals surface area contributed by atoms with E-state index in [9.17, 15) is 8.42 Å². The SMILES string of the molecule is O=S(=O)(Cl)c1nnc(-c2ccc(Br)cc2Cl)n1C1CC1. The van der Waals surface area contributed by atoms with E-state index in [0.717, 1.165) is 17.3 Å². The van der Waals surface area contributed by atoms with Crippen LogP contribution in [0.5, 0.6) is 0 Å². The Morgan fingerprint density at radius 2 is 2.00 bits per heavy atom. The van der Waals surface area contributed by atoms with Crippen molar-refractivity contribution in [1.82, 2.24) is 14.8 Å². The van der Waals surface area contributed by atoms with Crippen molar-refractivity contribution < 1.29 is 8.42 Å². The first-order chi connectivity index (χ1) is 9.38. The van der Waals surface area contributed by atoms with E-state index in [0.29, 0.717) is 16.4 Å². The normalized spacial score (nSPS) is 15.6. The average Bonchev–Trinajstić information content (AvgIpc) is 3.07. The van der Waals surface area contributed by atoms with E-state index < -0.39 is 9.05 Å². The zero-order chi connectivity index (χ0) is 14.5. The number of halogens is 3. The number of rotatable bonds is 3. The van der Waals surface area contributed by atoms with Crippen LogP contribution in [0.4, 0.5) is 0 Å². The van der Waals surface area contributed by atoms with Crippen LogP contribution in [0.15, 0.2) is 27.8 Å². The Morgan fingerprint density at radius 3 is 2.55 bits per heavy atom. The predicted octanol–water partition coefficient (Wildman–Crippen LogP) is 3.62. The van der Waals surface area contributed by atoms with Crippen molar-refractivity contribution in [1.29, 1.82) is 0 Å².